The fraction of sp³-hybridized carbons (Fsp3) is 0.130. The van der Waals surface area contributed by atoms with E-state index in [0.717, 1.165) is 22.0 Å². The van der Waals surface area contributed by atoms with Crippen LogP contribution in [0.1, 0.15) is 5.56 Å². The molecular weight excluding hydrogens is 394 g/mol. The summed E-state index contributed by atoms with van der Waals surface area (Å²) in [5.41, 5.74) is 3.86. The number of nitro groups is 1. The summed E-state index contributed by atoms with van der Waals surface area (Å²) in [5.74, 6) is 1.18. The molecule has 5 rings (SSSR count). The predicted octanol–water partition coefficient (Wildman–Crippen LogP) is 4.56. The molecule has 5 aromatic rings. The van der Waals surface area contributed by atoms with Gasteiger partial charge in [0.15, 0.2) is 5.52 Å². The van der Waals surface area contributed by atoms with Crippen molar-refractivity contribution in [1.82, 2.24) is 19.1 Å². The molecule has 0 radical (unpaired) electrons. The zero-order valence-electron chi connectivity index (χ0n) is 17.0. The molecule has 0 unspecified atom stereocenters. The number of nitro benzene ring substituents is 1. The highest BCUT2D eigenvalue weighted by Gasteiger charge is 2.23. The summed E-state index contributed by atoms with van der Waals surface area (Å²) < 4.78 is 9.41. The fourth-order valence-corrected chi connectivity index (χ4v) is 4.06. The number of non-ortho nitro benzene ring substituents is 1. The summed E-state index contributed by atoms with van der Waals surface area (Å²) in [7, 11) is 3.51. The highest BCUT2D eigenvalue weighted by atomic mass is 16.6. The molecular formula is C23H19N5O3. The number of pyridine rings is 1. The van der Waals surface area contributed by atoms with Gasteiger partial charge in [0.25, 0.3) is 5.69 Å². The van der Waals surface area contributed by atoms with Crippen LogP contribution < -0.4 is 4.74 Å². The number of benzene rings is 2. The lowest BCUT2D eigenvalue weighted by atomic mass is 10.2. The van der Waals surface area contributed by atoms with Crippen LogP contribution in [0.25, 0.3) is 33.3 Å². The first-order valence-electron chi connectivity index (χ1n) is 9.74. The molecule has 0 aliphatic carbocycles. The van der Waals surface area contributed by atoms with E-state index in [1.54, 1.807) is 19.4 Å². The van der Waals surface area contributed by atoms with Crippen molar-refractivity contribution in [2.45, 2.75) is 6.54 Å². The molecule has 0 saturated heterocycles. The Hall–Kier alpha value is -4.20. The van der Waals surface area contributed by atoms with Crippen LogP contribution >= 0.6 is 0 Å². The van der Waals surface area contributed by atoms with Gasteiger partial charge in [-0.25, -0.2) is 9.97 Å². The summed E-state index contributed by atoms with van der Waals surface area (Å²) in [6, 6.07) is 16.9. The first-order chi connectivity index (χ1) is 15.1. The van der Waals surface area contributed by atoms with Gasteiger partial charge in [-0.3, -0.25) is 10.1 Å². The Morgan fingerprint density at radius 3 is 2.65 bits per heavy atom. The lowest BCUT2D eigenvalue weighted by Gasteiger charge is -2.09. The molecule has 154 valence electrons. The lowest BCUT2D eigenvalue weighted by Crippen LogP contribution is -2.02. The predicted molar refractivity (Wildman–Crippen MR) is 118 cm³/mol. The molecule has 0 N–H and O–H groups in total. The fourth-order valence-electron chi connectivity index (χ4n) is 4.06. The highest BCUT2D eigenvalue weighted by Crippen LogP contribution is 2.37. The number of aryl methyl sites for hydroxylation is 1. The van der Waals surface area contributed by atoms with Crippen molar-refractivity contribution in [1.29, 1.82) is 0 Å². The molecule has 0 atom stereocenters. The molecule has 0 fully saturated rings. The van der Waals surface area contributed by atoms with Gasteiger partial charge in [-0.15, -0.1) is 0 Å². The molecule has 3 heterocycles. The minimum atomic E-state index is -0.387. The topological polar surface area (TPSA) is 88.0 Å². The van der Waals surface area contributed by atoms with Crippen molar-refractivity contribution in [3.05, 3.63) is 82.7 Å². The van der Waals surface area contributed by atoms with E-state index in [1.807, 2.05) is 64.8 Å². The van der Waals surface area contributed by atoms with Gasteiger partial charge < -0.3 is 13.9 Å². The van der Waals surface area contributed by atoms with Crippen molar-refractivity contribution in [2.24, 2.45) is 7.05 Å². The van der Waals surface area contributed by atoms with Gasteiger partial charge in [-0.05, 0) is 17.7 Å². The van der Waals surface area contributed by atoms with Crippen LogP contribution in [-0.4, -0.2) is 31.1 Å². The maximum Gasteiger partial charge on any atom is 0.297 e. The van der Waals surface area contributed by atoms with Gasteiger partial charge in [0.2, 0.25) is 5.88 Å². The third-order valence-electron chi connectivity index (χ3n) is 5.43. The normalized spacial score (nSPS) is 11.3. The Labute approximate surface area is 177 Å². The Morgan fingerprint density at radius 1 is 1.10 bits per heavy atom. The van der Waals surface area contributed by atoms with Crippen molar-refractivity contribution < 1.29 is 9.66 Å². The van der Waals surface area contributed by atoms with Gasteiger partial charge in [0.1, 0.15) is 11.3 Å². The Kier molecular flexibility index (Phi) is 4.39. The molecule has 8 nitrogen and oxygen atoms in total. The number of para-hydroxylation sites is 1. The highest BCUT2D eigenvalue weighted by molar-refractivity contribution is 5.99. The summed E-state index contributed by atoms with van der Waals surface area (Å²) >= 11 is 0. The molecule has 0 amide bonds. The van der Waals surface area contributed by atoms with Crippen LogP contribution in [0.2, 0.25) is 0 Å². The largest absolute Gasteiger partial charge is 0.479 e. The van der Waals surface area contributed by atoms with E-state index < -0.39 is 0 Å². The first kappa shape index (κ1) is 18.8. The monoisotopic (exact) mass is 413 g/mol. The maximum atomic E-state index is 11.7. The van der Waals surface area contributed by atoms with Gasteiger partial charge in [-0.2, -0.15) is 0 Å². The summed E-state index contributed by atoms with van der Waals surface area (Å²) in [6.45, 7) is 0.534. The van der Waals surface area contributed by atoms with E-state index in [4.69, 9.17) is 9.72 Å². The Bertz CT molecular complexity index is 1440. The number of fused-ring (bicyclic) bond motifs is 2. The van der Waals surface area contributed by atoms with Crippen molar-refractivity contribution in [3.63, 3.8) is 0 Å². The average Bonchev–Trinajstić information content (AvgIpc) is 3.32. The van der Waals surface area contributed by atoms with Gasteiger partial charge in [0.05, 0.1) is 17.5 Å². The number of hydrogen-bond acceptors (Lipinski definition) is 5. The Balaban J connectivity index is 1.83. The van der Waals surface area contributed by atoms with Crippen molar-refractivity contribution in [3.8, 4) is 17.3 Å². The number of nitrogens with zero attached hydrogens (tertiary/aromatic N) is 5. The number of aromatic nitrogens is 4. The molecule has 0 aliphatic rings. The van der Waals surface area contributed by atoms with E-state index in [-0.39, 0.29) is 10.6 Å². The smallest absolute Gasteiger partial charge is 0.297 e. The van der Waals surface area contributed by atoms with E-state index in [9.17, 15) is 10.1 Å². The Morgan fingerprint density at radius 2 is 1.90 bits per heavy atom. The summed E-state index contributed by atoms with van der Waals surface area (Å²) in [6.07, 6.45) is 3.65. The average molecular weight is 413 g/mol. The quantitative estimate of drug-likeness (QED) is 0.311. The molecule has 0 spiro atoms. The standard InChI is InChI=1S/C23H19N5O3/c1-26-14-17(16-11-12-24-23(31-2)21(16)26)22-25-20-18(9-6-10-19(20)28(29)30)27(22)13-15-7-4-3-5-8-15/h3-12,14H,13H2,1-2H3. The second-order valence-corrected chi connectivity index (χ2v) is 7.28. The number of methoxy groups -OCH3 is 1. The number of rotatable bonds is 5. The third kappa shape index (κ3) is 3.00. The van der Waals surface area contributed by atoms with E-state index in [0.29, 0.717) is 29.3 Å². The van der Waals surface area contributed by atoms with E-state index in [2.05, 4.69) is 4.98 Å². The van der Waals surface area contributed by atoms with Crippen LogP contribution in [0.15, 0.2) is 67.0 Å². The first-order valence-corrected chi connectivity index (χ1v) is 9.74. The van der Waals surface area contributed by atoms with Gasteiger partial charge >= 0.3 is 0 Å². The molecule has 8 heteroatoms. The SMILES string of the molecule is COc1nccc2c(-c3nc4c([N+](=O)[O-])cccc4n3Cc3ccccc3)cn(C)c12. The number of imidazole rings is 1. The lowest BCUT2D eigenvalue weighted by molar-refractivity contribution is -0.383. The molecule has 0 aliphatic heterocycles. The van der Waals surface area contributed by atoms with Gasteiger partial charge in [-0.1, -0.05) is 36.4 Å². The van der Waals surface area contributed by atoms with Gasteiger partial charge in [0, 0.05) is 43.0 Å². The maximum absolute atomic E-state index is 11.7. The minimum Gasteiger partial charge on any atom is -0.479 e. The van der Waals surface area contributed by atoms with Crippen LogP contribution in [0.4, 0.5) is 5.69 Å². The zero-order valence-corrected chi connectivity index (χ0v) is 17.0. The van der Waals surface area contributed by atoms with Crippen LogP contribution in [0.3, 0.4) is 0 Å². The molecule has 31 heavy (non-hydrogen) atoms. The second kappa shape index (κ2) is 7.24. The van der Waals surface area contributed by atoms with Crippen LogP contribution in [-0.2, 0) is 13.6 Å². The second-order valence-electron chi connectivity index (χ2n) is 7.28. The summed E-state index contributed by atoms with van der Waals surface area (Å²) in [5, 5.41) is 12.6. The van der Waals surface area contributed by atoms with Crippen molar-refractivity contribution in [2.75, 3.05) is 7.11 Å². The minimum absolute atomic E-state index is 0.00922. The zero-order chi connectivity index (χ0) is 21.5. The van der Waals surface area contributed by atoms with E-state index >= 15 is 0 Å². The van der Waals surface area contributed by atoms with Crippen molar-refractivity contribution >= 4 is 27.6 Å². The van der Waals surface area contributed by atoms with Crippen LogP contribution in [0, 0.1) is 10.1 Å². The molecule has 3 aromatic heterocycles. The molecule has 0 saturated carbocycles. The molecule has 0 bridgehead atoms. The summed E-state index contributed by atoms with van der Waals surface area (Å²) in [4.78, 5) is 20.3. The third-order valence-corrected chi connectivity index (χ3v) is 5.43. The molecule has 2 aromatic carbocycles. The van der Waals surface area contributed by atoms with E-state index in [1.165, 1.54) is 6.07 Å². The van der Waals surface area contributed by atoms with Crippen LogP contribution in [0.5, 0.6) is 5.88 Å². The number of ether oxygens (including phenoxy) is 1. The number of hydrogen-bond donors (Lipinski definition) is 0.